The first-order valence-electron chi connectivity index (χ1n) is 11.0. The molecule has 3 heterocycles. The lowest BCUT2D eigenvalue weighted by atomic mass is 9.88. The molecular weight excluding hydrogens is 422 g/mol. The van der Waals surface area contributed by atoms with Crippen molar-refractivity contribution in [2.75, 3.05) is 0 Å². The Morgan fingerprint density at radius 2 is 1.84 bits per heavy atom. The van der Waals surface area contributed by atoms with E-state index in [1.807, 2.05) is 32.0 Å². The van der Waals surface area contributed by atoms with Crippen LogP contribution in [0.2, 0.25) is 5.04 Å². The molecule has 0 radical (unpaired) electrons. The number of carbonyl (C=O) groups is 2. The van der Waals surface area contributed by atoms with Gasteiger partial charge in [-0.2, -0.15) is 0 Å². The molecule has 2 amide bonds. The molecular formula is C24H35N3O4Si. The summed E-state index contributed by atoms with van der Waals surface area (Å²) >= 11 is 0. The molecule has 0 saturated heterocycles. The Kier molecular flexibility index (Phi) is 6.41. The second kappa shape index (κ2) is 8.48. The normalized spacial score (nSPS) is 17.7. The van der Waals surface area contributed by atoms with E-state index in [0.29, 0.717) is 12.0 Å². The van der Waals surface area contributed by atoms with E-state index in [9.17, 15) is 9.59 Å². The standard InChI is InChI=1S/C24H35N3O4Si/c1-22(2,3)30-21(29)27-19(24(7,8)31-32-23(4,5)6)14-17-15(20(27)28)13-18(26-17)16-11-9-10-12-25-16/h9-13,19,26H,14,32H2,1-8H3. The largest absolute Gasteiger partial charge is 0.443 e. The maximum absolute atomic E-state index is 13.6. The van der Waals surface area contributed by atoms with E-state index >= 15 is 0 Å². The summed E-state index contributed by atoms with van der Waals surface area (Å²) in [6.45, 7) is 15.7. The van der Waals surface area contributed by atoms with Crippen LogP contribution in [0.3, 0.4) is 0 Å². The summed E-state index contributed by atoms with van der Waals surface area (Å²) in [4.78, 5) is 35.8. The van der Waals surface area contributed by atoms with Crippen LogP contribution in [0, 0.1) is 0 Å². The van der Waals surface area contributed by atoms with Crippen LogP contribution in [-0.4, -0.2) is 53.9 Å². The van der Waals surface area contributed by atoms with Gasteiger partial charge in [0.05, 0.1) is 28.6 Å². The number of nitrogens with one attached hydrogen (secondary N) is 1. The predicted molar refractivity (Wildman–Crippen MR) is 127 cm³/mol. The highest BCUT2D eigenvalue weighted by Crippen LogP contribution is 2.35. The van der Waals surface area contributed by atoms with Crippen LogP contribution in [0.25, 0.3) is 11.4 Å². The highest BCUT2D eigenvalue weighted by molar-refractivity contribution is 6.31. The van der Waals surface area contributed by atoms with Crippen molar-refractivity contribution in [2.24, 2.45) is 0 Å². The molecule has 0 saturated carbocycles. The number of imide groups is 1. The fourth-order valence-electron chi connectivity index (χ4n) is 3.64. The minimum atomic E-state index is -0.920. The number of carbonyl (C=O) groups excluding carboxylic acids is 2. The van der Waals surface area contributed by atoms with Gasteiger partial charge in [-0.1, -0.05) is 26.8 Å². The van der Waals surface area contributed by atoms with Crippen molar-refractivity contribution < 1.29 is 18.8 Å². The molecule has 0 aromatic carbocycles. The molecule has 1 aliphatic rings. The van der Waals surface area contributed by atoms with Gasteiger partial charge >= 0.3 is 6.09 Å². The Morgan fingerprint density at radius 3 is 2.41 bits per heavy atom. The number of amides is 2. The number of hydrogen-bond donors (Lipinski definition) is 1. The average Bonchev–Trinajstić information content (AvgIpc) is 3.10. The Hall–Kier alpha value is -2.45. The molecule has 1 atom stereocenters. The third-order valence-electron chi connectivity index (χ3n) is 5.27. The zero-order chi connectivity index (χ0) is 23.9. The molecule has 1 N–H and O–H groups in total. The Morgan fingerprint density at radius 1 is 1.16 bits per heavy atom. The summed E-state index contributed by atoms with van der Waals surface area (Å²) in [7, 11) is -0.920. The number of aromatic amines is 1. The van der Waals surface area contributed by atoms with Crippen molar-refractivity contribution >= 4 is 21.8 Å². The topological polar surface area (TPSA) is 84.5 Å². The van der Waals surface area contributed by atoms with E-state index in [-0.39, 0.29) is 10.9 Å². The molecule has 0 bridgehead atoms. The van der Waals surface area contributed by atoms with E-state index in [1.165, 1.54) is 4.90 Å². The minimum absolute atomic E-state index is 0.0798. The van der Waals surface area contributed by atoms with Crippen molar-refractivity contribution in [3.63, 3.8) is 0 Å². The minimum Gasteiger partial charge on any atom is -0.443 e. The summed E-state index contributed by atoms with van der Waals surface area (Å²) in [5.41, 5.74) is 1.30. The van der Waals surface area contributed by atoms with E-state index in [2.05, 4.69) is 30.7 Å². The SMILES string of the molecule is CC(C)(C)OC(=O)N1C(=O)c2cc(-c3ccccn3)[nH]c2CC1C(C)(C)O[SiH2]C(C)(C)C. The molecule has 7 nitrogen and oxygen atoms in total. The van der Waals surface area contributed by atoms with Crippen LogP contribution in [0.15, 0.2) is 30.5 Å². The molecule has 1 aliphatic heterocycles. The van der Waals surface area contributed by atoms with Crippen molar-refractivity contribution in [3.8, 4) is 11.4 Å². The smallest absolute Gasteiger partial charge is 0.417 e. The number of nitrogens with zero attached hydrogens (tertiary/aromatic N) is 2. The molecule has 3 rings (SSSR count). The second-order valence-corrected chi connectivity index (χ2v) is 13.8. The highest BCUT2D eigenvalue weighted by Gasteiger charge is 2.47. The van der Waals surface area contributed by atoms with E-state index < -0.39 is 33.1 Å². The third kappa shape index (κ3) is 5.47. The van der Waals surface area contributed by atoms with Crippen LogP contribution in [0.4, 0.5) is 4.79 Å². The summed E-state index contributed by atoms with van der Waals surface area (Å²) in [6, 6.07) is 6.89. The molecule has 2 aromatic rings. The maximum Gasteiger partial charge on any atom is 0.417 e. The molecule has 8 heteroatoms. The van der Waals surface area contributed by atoms with Gasteiger partial charge in [-0.25, -0.2) is 9.69 Å². The van der Waals surface area contributed by atoms with E-state index in [0.717, 1.165) is 17.1 Å². The first kappa shape index (κ1) is 24.2. The Balaban J connectivity index is 2.01. The number of rotatable bonds is 4. The quantitative estimate of drug-likeness (QED) is 0.685. The zero-order valence-corrected chi connectivity index (χ0v) is 21.8. The molecule has 0 fully saturated rings. The van der Waals surface area contributed by atoms with Crippen molar-refractivity contribution in [2.45, 2.75) is 84.1 Å². The monoisotopic (exact) mass is 457 g/mol. The summed E-state index contributed by atoms with van der Waals surface area (Å²) in [5.74, 6) is -0.377. The number of aromatic nitrogens is 2. The summed E-state index contributed by atoms with van der Waals surface area (Å²) in [6.07, 6.45) is 1.52. The van der Waals surface area contributed by atoms with Crippen LogP contribution in [-0.2, 0) is 15.6 Å². The third-order valence-corrected chi connectivity index (χ3v) is 7.02. The van der Waals surface area contributed by atoms with Gasteiger partial charge in [0.15, 0.2) is 9.76 Å². The van der Waals surface area contributed by atoms with Crippen LogP contribution < -0.4 is 0 Å². The maximum atomic E-state index is 13.6. The molecule has 32 heavy (non-hydrogen) atoms. The van der Waals surface area contributed by atoms with Crippen molar-refractivity contribution in [1.82, 2.24) is 14.9 Å². The first-order chi connectivity index (χ1) is 14.7. The van der Waals surface area contributed by atoms with Gasteiger partial charge in [-0.05, 0) is 57.9 Å². The van der Waals surface area contributed by atoms with E-state index in [4.69, 9.17) is 9.16 Å². The summed E-state index contributed by atoms with van der Waals surface area (Å²) < 4.78 is 12.0. The lowest BCUT2D eigenvalue weighted by Gasteiger charge is -2.44. The number of ether oxygens (including phenoxy) is 1. The lowest BCUT2D eigenvalue weighted by molar-refractivity contribution is -0.0223. The molecule has 1 unspecified atom stereocenters. The zero-order valence-electron chi connectivity index (χ0n) is 20.4. The van der Waals surface area contributed by atoms with Crippen LogP contribution in [0.5, 0.6) is 0 Å². The van der Waals surface area contributed by atoms with Gasteiger partial charge in [0, 0.05) is 18.3 Å². The van der Waals surface area contributed by atoms with Gasteiger partial charge in [0.2, 0.25) is 0 Å². The van der Waals surface area contributed by atoms with Crippen molar-refractivity contribution in [1.29, 1.82) is 0 Å². The number of pyridine rings is 1. The fourth-order valence-corrected chi connectivity index (χ4v) is 4.64. The Bertz CT molecular complexity index is 987. The highest BCUT2D eigenvalue weighted by atomic mass is 28.2. The fraction of sp³-hybridized carbons (Fsp3) is 0.542. The van der Waals surface area contributed by atoms with Crippen molar-refractivity contribution in [3.05, 3.63) is 41.7 Å². The molecule has 174 valence electrons. The number of hydrogen-bond acceptors (Lipinski definition) is 5. The van der Waals surface area contributed by atoms with Gasteiger partial charge in [0.25, 0.3) is 5.91 Å². The van der Waals surface area contributed by atoms with Gasteiger partial charge in [-0.15, -0.1) is 0 Å². The molecule has 0 spiro atoms. The van der Waals surface area contributed by atoms with Gasteiger partial charge in [-0.3, -0.25) is 9.78 Å². The van der Waals surface area contributed by atoms with Gasteiger partial charge < -0.3 is 14.1 Å². The average molecular weight is 458 g/mol. The summed E-state index contributed by atoms with van der Waals surface area (Å²) in [5, 5.41) is 0.0798. The van der Waals surface area contributed by atoms with E-state index in [1.54, 1.807) is 33.0 Å². The number of H-pyrrole nitrogens is 1. The van der Waals surface area contributed by atoms with Crippen LogP contribution >= 0.6 is 0 Å². The lowest BCUT2D eigenvalue weighted by Crippen LogP contribution is -2.60. The first-order valence-corrected chi connectivity index (χ1v) is 12.3. The second-order valence-electron chi connectivity index (χ2n) is 11.1. The van der Waals surface area contributed by atoms with Gasteiger partial charge in [0.1, 0.15) is 5.60 Å². The predicted octanol–water partition coefficient (Wildman–Crippen LogP) is 4.48. The molecule has 2 aromatic heterocycles. The molecule has 0 aliphatic carbocycles. The van der Waals surface area contributed by atoms with Crippen LogP contribution in [0.1, 0.15) is 71.4 Å². The Labute approximate surface area is 192 Å². The number of fused-ring (bicyclic) bond motifs is 1.